The monoisotopic (exact) mass is 266 g/mol. The molecule has 2 aromatic carbocycles. The van der Waals surface area contributed by atoms with Crippen LogP contribution in [0.1, 0.15) is 27.0 Å². The number of carboxylic acids is 1. The molecule has 0 aromatic heterocycles. The molecule has 0 amide bonds. The van der Waals surface area contributed by atoms with Gasteiger partial charge in [0.05, 0.1) is 16.8 Å². The number of anilines is 1. The van der Waals surface area contributed by atoms with Crippen LogP contribution in [0.15, 0.2) is 42.5 Å². The number of benzene rings is 2. The van der Waals surface area contributed by atoms with Gasteiger partial charge in [-0.1, -0.05) is 18.2 Å². The molecule has 0 aliphatic rings. The summed E-state index contributed by atoms with van der Waals surface area (Å²) in [5.41, 5.74) is 3.47. The zero-order valence-electron chi connectivity index (χ0n) is 11.1. The minimum atomic E-state index is -0.945. The lowest BCUT2D eigenvalue weighted by molar-refractivity contribution is 0.0697. The van der Waals surface area contributed by atoms with E-state index in [2.05, 4.69) is 11.4 Å². The predicted molar refractivity (Wildman–Crippen MR) is 76.6 cm³/mol. The Hall–Kier alpha value is -2.80. The molecule has 0 radical (unpaired) electrons. The third-order valence-electron chi connectivity index (χ3n) is 2.95. The second kappa shape index (κ2) is 5.89. The highest BCUT2D eigenvalue weighted by molar-refractivity contribution is 5.87. The van der Waals surface area contributed by atoms with Crippen molar-refractivity contribution in [3.8, 4) is 6.07 Å². The molecule has 2 rings (SSSR count). The van der Waals surface area contributed by atoms with Crippen LogP contribution in [0.2, 0.25) is 0 Å². The van der Waals surface area contributed by atoms with Crippen LogP contribution in [-0.2, 0) is 6.54 Å². The van der Waals surface area contributed by atoms with Crippen LogP contribution in [-0.4, -0.2) is 11.1 Å². The molecule has 0 heterocycles. The summed E-state index contributed by atoms with van der Waals surface area (Å²) in [7, 11) is 0. The van der Waals surface area contributed by atoms with Crippen LogP contribution >= 0.6 is 0 Å². The van der Waals surface area contributed by atoms with Crippen LogP contribution < -0.4 is 5.32 Å². The first-order valence-corrected chi connectivity index (χ1v) is 6.17. The number of aryl methyl sites for hydroxylation is 1. The third-order valence-corrected chi connectivity index (χ3v) is 2.95. The van der Waals surface area contributed by atoms with E-state index in [4.69, 9.17) is 10.4 Å². The summed E-state index contributed by atoms with van der Waals surface area (Å²) in [5.74, 6) is -0.945. The van der Waals surface area contributed by atoms with Gasteiger partial charge < -0.3 is 10.4 Å². The second-order valence-electron chi connectivity index (χ2n) is 4.52. The van der Waals surface area contributed by atoms with Gasteiger partial charge in [-0.2, -0.15) is 5.26 Å². The fraction of sp³-hybridized carbons (Fsp3) is 0.125. The smallest absolute Gasteiger partial charge is 0.335 e. The Labute approximate surface area is 117 Å². The quantitative estimate of drug-likeness (QED) is 0.891. The van der Waals surface area contributed by atoms with Crippen LogP contribution in [0.3, 0.4) is 0 Å². The Morgan fingerprint density at radius 2 is 2.10 bits per heavy atom. The Balaban J connectivity index is 2.15. The maximum absolute atomic E-state index is 10.9. The molecule has 0 aliphatic heterocycles. The van der Waals surface area contributed by atoms with E-state index >= 15 is 0 Å². The van der Waals surface area contributed by atoms with Gasteiger partial charge in [0, 0.05) is 6.54 Å². The van der Waals surface area contributed by atoms with E-state index in [0.717, 1.165) is 16.8 Å². The first kappa shape index (κ1) is 13.6. The Bertz CT molecular complexity index is 687. The Morgan fingerprint density at radius 1 is 1.30 bits per heavy atom. The lowest BCUT2D eigenvalue weighted by Crippen LogP contribution is -2.03. The predicted octanol–water partition coefficient (Wildman–Crippen LogP) is 3.18. The zero-order chi connectivity index (χ0) is 14.5. The molecule has 0 bridgehead atoms. The van der Waals surface area contributed by atoms with E-state index in [9.17, 15) is 4.79 Å². The van der Waals surface area contributed by atoms with Crippen LogP contribution in [0, 0.1) is 18.3 Å². The largest absolute Gasteiger partial charge is 0.478 e. The fourth-order valence-electron chi connectivity index (χ4n) is 1.92. The van der Waals surface area contributed by atoms with Crippen LogP contribution in [0.5, 0.6) is 0 Å². The normalized spacial score (nSPS) is 9.80. The third kappa shape index (κ3) is 3.15. The summed E-state index contributed by atoms with van der Waals surface area (Å²) < 4.78 is 0. The van der Waals surface area contributed by atoms with Gasteiger partial charge in [-0.25, -0.2) is 4.79 Å². The molecule has 0 saturated carbocycles. The van der Waals surface area contributed by atoms with Gasteiger partial charge in [-0.3, -0.25) is 0 Å². The van der Waals surface area contributed by atoms with Gasteiger partial charge in [0.2, 0.25) is 0 Å². The van der Waals surface area contributed by atoms with E-state index in [1.54, 1.807) is 18.2 Å². The van der Waals surface area contributed by atoms with Crippen molar-refractivity contribution in [3.63, 3.8) is 0 Å². The SMILES string of the molecule is Cc1ccc(NCc2cccc(C(=O)O)c2)c(C#N)c1. The molecule has 0 fully saturated rings. The maximum atomic E-state index is 10.9. The maximum Gasteiger partial charge on any atom is 0.335 e. The van der Waals surface area contributed by atoms with E-state index in [-0.39, 0.29) is 5.56 Å². The van der Waals surface area contributed by atoms with Crippen molar-refractivity contribution >= 4 is 11.7 Å². The molecule has 0 atom stereocenters. The molecule has 0 aliphatic carbocycles. The first-order valence-electron chi connectivity index (χ1n) is 6.17. The number of rotatable bonds is 4. The molecule has 4 heteroatoms. The van der Waals surface area contributed by atoms with Crippen LogP contribution in [0.25, 0.3) is 0 Å². The Kier molecular flexibility index (Phi) is 4.02. The van der Waals surface area contributed by atoms with Crippen molar-refractivity contribution in [2.24, 2.45) is 0 Å². The van der Waals surface area contributed by atoms with Crippen molar-refractivity contribution < 1.29 is 9.90 Å². The van der Waals surface area contributed by atoms with Crippen LogP contribution in [0.4, 0.5) is 5.69 Å². The molecule has 2 N–H and O–H groups in total. The zero-order valence-corrected chi connectivity index (χ0v) is 11.1. The van der Waals surface area contributed by atoms with Gasteiger partial charge in [0.25, 0.3) is 0 Å². The molecule has 0 spiro atoms. The summed E-state index contributed by atoms with van der Waals surface area (Å²) >= 11 is 0. The molecular formula is C16H14N2O2. The topological polar surface area (TPSA) is 73.1 Å². The minimum Gasteiger partial charge on any atom is -0.478 e. The highest BCUT2D eigenvalue weighted by atomic mass is 16.4. The van der Waals surface area contributed by atoms with Crippen molar-refractivity contribution in [1.29, 1.82) is 5.26 Å². The number of carboxylic acid groups (broad SMARTS) is 1. The number of hydrogen-bond acceptors (Lipinski definition) is 3. The lowest BCUT2D eigenvalue weighted by atomic mass is 10.1. The fourth-order valence-corrected chi connectivity index (χ4v) is 1.92. The summed E-state index contributed by atoms with van der Waals surface area (Å²) in [6, 6.07) is 14.5. The van der Waals surface area contributed by atoms with Crippen molar-refractivity contribution in [2.75, 3.05) is 5.32 Å². The number of aromatic carboxylic acids is 1. The van der Waals surface area contributed by atoms with Gasteiger partial charge in [0.1, 0.15) is 6.07 Å². The molecule has 2 aromatic rings. The van der Waals surface area contributed by atoms with E-state index in [0.29, 0.717) is 12.1 Å². The summed E-state index contributed by atoms with van der Waals surface area (Å²) in [5, 5.41) is 21.2. The van der Waals surface area contributed by atoms with E-state index < -0.39 is 5.97 Å². The Morgan fingerprint density at radius 3 is 2.80 bits per heavy atom. The van der Waals surface area contributed by atoms with Gasteiger partial charge >= 0.3 is 5.97 Å². The first-order chi connectivity index (χ1) is 9.60. The average molecular weight is 266 g/mol. The number of carbonyl (C=O) groups is 1. The summed E-state index contributed by atoms with van der Waals surface area (Å²) in [6.07, 6.45) is 0. The average Bonchev–Trinajstić information content (AvgIpc) is 2.46. The molecule has 20 heavy (non-hydrogen) atoms. The molecular weight excluding hydrogens is 252 g/mol. The number of nitrogens with one attached hydrogen (secondary N) is 1. The number of nitrogens with zero attached hydrogens (tertiary/aromatic N) is 1. The van der Waals surface area contributed by atoms with Crippen molar-refractivity contribution in [3.05, 3.63) is 64.7 Å². The van der Waals surface area contributed by atoms with Crippen molar-refractivity contribution in [2.45, 2.75) is 13.5 Å². The van der Waals surface area contributed by atoms with Gasteiger partial charge in [-0.15, -0.1) is 0 Å². The summed E-state index contributed by atoms with van der Waals surface area (Å²) in [4.78, 5) is 10.9. The molecule has 0 saturated heterocycles. The standard InChI is InChI=1S/C16H14N2O2/c1-11-5-6-15(14(7-11)9-17)18-10-12-3-2-4-13(8-12)16(19)20/h2-8,18H,10H2,1H3,(H,19,20). The highest BCUT2D eigenvalue weighted by Crippen LogP contribution is 2.17. The lowest BCUT2D eigenvalue weighted by Gasteiger charge is -2.09. The van der Waals surface area contributed by atoms with E-state index in [1.165, 1.54) is 0 Å². The number of nitriles is 1. The summed E-state index contributed by atoms with van der Waals surface area (Å²) in [6.45, 7) is 2.40. The second-order valence-corrected chi connectivity index (χ2v) is 4.52. The number of hydrogen-bond donors (Lipinski definition) is 2. The molecule has 100 valence electrons. The minimum absolute atomic E-state index is 0.258. The van der Waals surface area contributed by atoms with Gasteiger partial charge in [0.15, 0.2) is 0 Å². The van der Waals surface area contributed by atoms with E-state index in [1.807, 2.05) is 31.2 Å². The molecule has 4 nitrogen and oxygen atoms in total. The van der Waals surface area contributed by atoms with Crippen molar-refractivity contribution in [1.82, 2.24) is 0 Å². The highest BCUT2D eigenvalue weighted by Gasteiger charge is 2.05. The molecule has 0 unspecified atom stereocenters. The van der Waals surface area contributed by atoms with Gasteiger partial charge in [-0.05, 0) is 42.3 Å².